The Bertz CT molecular complexity index is 632. The second-order valence-corrected chi connectivity index (χ2v) is 5.86. The molecule has 0 aromatic heterocycles. The predicted molar refractivity (Wildman–Crippen MR) is 78.2 cm³/mol. The fourth-order valence-electron chi connectivity index (χ4n) is 3.61. The van der Waals surface area contributed by atoms with E-state index in [1.807, 2.05) is 24.3 Å². The molecule has 1 aliphatic carbocycles. The first-order valence-corrected chi connectivity index (χ1v) is 7.52. The van der Waals surface area contributed by atoms with E-state index < -0.39 is 5.41 Å². The number of carbonyl (C=O) groups excluding carboxylic acids is 1. The highest BCUT2D eigenvalue weighted by atomic mass is 16.7. The average molecular weight is 302 g/mol. The van der Waals surface area contributed by atoms with E-state index in [4.69, 9.17) is 18.9 Å². The predicted octanol–water partition coefficient (Wildman–Crippen LogP) is 1.99. The van der Waals surface area contributed by atoms with Crippen molar-refractivity contribution in [2.45, 2.75) is 30.7 Å². The van der Waals surface area contributed by atoms with E-state index in [2.05, 4.69) is 0 Å². The molecular weight excluding hydrogens is 284 g/mol. The highest BCUT2D eigenvalue weighted by Gasteiger charge is 2.52. The fraction of sp³-hybridized carbons (Fsp3) is 0.471. The van der Waals surface area contributed by atoms with Gasteiger partial charge in [0, 0.05) is 18.4 Å². The first-order valence-electron chi connectivity index (χ1n) is 7.52. The molecule has 1 saturated heterocycles. The minimum Gasteiger partial charge on any atom is -0.493 e. The van der Waals surface area contributed by atoms with Crippen LogP contribution in [-0.2, 0) is 19.7 Å². The highest BCUT2D eigenvalue weighted by Crippen LogP contribution is 2.53. The lowest BCUT2D eigenvalue weighted by molar-refractivity contribution is -0.118. The van der Waals surface area contributed by atoms with Gasteiger partial charge in [0.05, 0.1) is 25.7 Å². The highest BCUT2D eigenvalue weighted by molar-refractivity contribution is 5.92. The topological polar surface area (TPSA) is 54.0 Å². The van der Waals surface area contributed by atoms with Gasteiger partial charge in [0.1, 0.15) is 6.10 Å². The number of hydrogen-bond donors (Lipinski definition) is 0. The summed E-state index contributed by atoms with van der Waals surface area (Å²) in [4.78, 5) is 11.8. The molecule has 0 N–H and O–H groups in total. The molecule has 3 aliphatic rings. The molecule has 22 heavy (non-hydrogen) atoms. The molecule has 2 heterocycles. The van der Waals surface area contributed by atoms with Crippen LogP contribution in [0.15, 0.2) is 30.4 Å². The Morgan fingerprint density at radius 2 is 2.14 bits per heavy atom. The molecule has 2 atom stereocenters. The molecule has 0 radical (unpaired) electrons. The summed E-state index contributed by atoms with van der Waals surface area (Å²) < 4.78 is 22.8. The van der Waals surface area contributed by atoms with Gasteiger partial charge in [-0.15, -0.1) is 0 Å². The monoisotopic (exact) mass is 302 g/mol. The van der Waals surface area contributed by atoms with Crippen molar-refractivity contribution in [1.82, 2.24) is 0 Å². The van der Waals surface area contributed by atoms with Gasteiger partial charge in [-0.05, 0) is 12.1 Å². The summed E-state index contributed by atoms with van der Waals surface area (Å²) in [5.74, 6) is 1.51. The van der Waals surface area contributed by atoms with Gasteiger partial charge in [-0.3, -0.25) is 4.79 Å². The molecule has 1 aromatic rings. The van der Waals surface area contributed by atoms with Crippen LogP contribution in [0.25, 0.3) is 0 Å². The van der Waals surface area contributed by atoms with E-state index >= 15 is 0 Å². The van der Waals surface area contributed by atoms with Crippen LogP contribution < -0.4 is 9.47 Å². The summed E-state index contributed by atoms with van der Waals surface area (Å²) in [6, 6.07) is 5.86. The molecular formula is C17H18O5. The number of ketones is 1. The van der Waals surface area contributed by atoms with Crippen LogP contribution in [0.3, 0.4) is 0 Å². The van der Waals surface area contributed by atoms with E-state index in [0.717, 1.165) is 11.3 Å². The average Bonchev–Trinajstić information content (AvgIpc) is 3.13. The smallest absolute Gasteiger partial charge is 0.165 e. The van der Waals surface area contributed by atoms with Crippen molar-refractivity contribution in [1.29, 1.82) is 0 Å². The summed E-state index contributed by atoms with van der Waals surface area (Å²) in [5.41, 5.74) is 0.645. The van der Waals surface area contributed by atoms with Gasteiger partial charge in [0.25, 0.3) is 0 Å². The summed E-state index contributed by atoms with van der Waals surface area (Å²) in [5, 5.41) is 0. The quantitative estimate of drug-likeness (QED) is 0.854. The molecule has 1 aromatic carbocycles. The molecule has 1 fully saturated rings. The minimum atomic E-state index is -0.396. The van der Waals surface area contributed by atoms with Crippen molar-refractivity contribution in [2.24, 2.45) is 0 Å². The molecule has 4 rings (SSSR count). The number of allylic oxidation sites excluding steroid dienone is 1. The molecule has 0 bridgehead atoms. The summed E-state index contributed by atoms with van der Waals surface area (Å²) >= 11 is 0. The summed E-state index contributed by atoms with van der Waals surface area (Å²) in [7, 11) is 1.62. The third-order valence-corrected chi connectivity index (χ3v) is 4.68. The third kappa shape index (κ3) is 1.96. The van der Waals surface area contributed by atoms with Gasteiger partial charge in [-0.25, -0.2) is 0 Å². The molecule has 0 amide bonds. The van der Waals surface area contributed by atoms with Crippen LogP contribution >= 0.6 is 0 Å². The van der Waals surface area contributed by atoms with Gasteiger partial charge in [0.15, 0.2) is 23.6 Å². The zero-order chi connectivity index (χ0) is 15.2. The molecule has 5 heteroatoms. The number of rotatable bonds is 3. The Hall–Kier alpha value is -1.85. The number of ether oxygens (including phenoxy) is 4. The SMILES string of the molecule is COc1cccc2c1O[C@H]1CC(=O)C=C[C@@]21CC1OCCO1. The Kier molecular flexibility index (Phi) is 3.20. The van der Waals surface area contributed by atoms with E-state index in [1.54, 1.807) is 13.2 Å². The first kappa shape index (κ1) is 13.8. The van der Waals surface area contributed by atoms with Crippen LogP contribution in [0, 0.1) is 0 Å². The van der Waals surface area contributed by atoms with Crippen LogP contribution in [0.4, 0.5) is 0 Å². The molecule has 5 nitrogen and oxygen atoms in total. The standard InChI is InChI=1S/C17H18O5/c1-19-13-4-2-3-12-16(13)22-14-9-11(18)5-6-17(12,14)10-15-20-7-8-21-15/h2-6,14-15H,7-10H2,1H3/t14-,17+/m0/s1. The van der Waals surface area contributed by atoms with Crippen LogP contribution in [0.1, 0.15) is 18.4 Å². The van der Waals surface area contributed by atoms with Crippen molar-refractivity contribution in [2.75, 3.05) is 20.3 Å². The van der Waals surface area contributed by atoms with E-state index in [0.29, 0.717) is 31.8 Å². The molecule has 0 saturated carbocycles. The first-order chi connectivity index (χ1) is 10.7. The largest absolute Gasteiger partial charge is 0.493 e. The van der Waals surface area contributed by atoms with Crippen LogP contribution in [0.5, 0.6) is 11.5 Å². The van der Waals surface area contributed by atoms with Crippen molar-refractivity contribution in [3.05, 3.63) is 35.9 Å². The Morgan fingerprint density at radius 3 is 2.91 bits per heavy atom. The lowest BCUT2D eigenvalue weighted by Gasteiger charge is -2.34. The number of fused-ring (bicyclic) bond motifs is 3. The minimum absolute atomic E-state index is 0.0839. The number of carbonyl (C=O) groups is 1. The number of benzene rings is 1. The fourth-order valence-corrected chi connectivity index (χ4v) is 3.61. The van der Waals surface area contributed by atoms with Crippen molar-refractivity contribution >= 4 is 5.78 Å². The lowest BCUT2D eigenvalue weighted by Crippen LogP contribution is -2.43. The van der Waals surface area contributed by atoms with Gasteiger partial charge in [0.2, 0.25) is 0 Å². The van der Waals surface area contributed by atoms with Crippen molar-refractivity contribution < 1.29 is 23.7 Å². The second-order valence-electron chi connectivity index (χ2n) is 5.86. The molecule has 0 unspecified atom stereocenters. The maximum atomic E-state index is 11.8. The third-order valence-electron chi connectivity index (χ3n) is 4.68. The van der Waals surface area contributed by atoms with Crippen molar-refractivity contribution in [3.8, 4) is 11.5 Å². The number of methoxy groups -OCH3 is 1. The summed E-state index contributed by atoms with van der Waals surface area (Å²) in [6.07, 6.45) is 4.12. The van der Waals surface area contributed by atoms with E-state index in [-0.39, 0.29) is 18.2 Å². The van der Waals surface area contributed by atoms with Gasteiger partial charge < -0.3 is 18.9 Å². The maximum absolute atomic E-state index is 11.8. The van der Waals surface area contributed by atoms with E-state index in [9.17, 15) is 4.79 Å². The van der Waals surface area contributed by atoms with Crippen LogP contribution in [0.2, 0.25) is 0 Å². The summed E-state index contributed by atoms with van der Waals surface area (Å²) in [6.45, 7) is 1.22. The zero-order valence-corrected chi connectivity index (χ0v) is 12.4. The van der Waals surface area contributed by atoms with E-state index in [1.165, 1.54) is 0 Å². The van der Waals surface area contributed by atoms with Crippen LogP contribution in [-0.4, -0.2) is 38.5 Å². The molecule has 116 valence electrons. The van der Waals surface area contributed by atoms with Gasteiger partial charge in [-0.1, -0.05) is 18.2 Å². The molecule has 2 aliphatic heterocycles. The van der Waals surface area contributed by atoms with Gasteiger partial charge in [-0.2, -0.15) is 0 Å². The Morgan fingerprint density at radius 1 is 1.32 bits per heavy atom. The number of para-hydroxylation sites is 1. The van der Waals surface area contributed by atoms with Gasteiger partial charge >= 0.3 is 0 Å². The maximum Gasteiger partial charge on any atom is 0.165 e. The zero-order valence-electron chi connectivity index (χ0n) is 12.4. The molecule has 0 spiro atoms. The normalized spacial score (nSPS) is 30.0. The number of hydrogen-bond acceptors (Lipinski definition) is 5. The Labute approximate surface area is 128 Å². The second kappa shape index (κ2) is 5.11. The van der Waals surface area contributed by atoms with Crippen molar-refractivity contribution in [3.63, 3.8) is 0 Å². The lowest BCUT2D eigenvalue weighted by atomic mass is 9.70. The Balaban J connectivity index is 1.80.